The number of aromatic nitrogens is 3. The number of hydrogen-bond donors (Lipinski definition) is 0. The first-order valence-corrected chi connectivity index (χ1v) is 10.7. The fourth-order valence-electron chi connectivity index (χ4n) is 4.77. The molecule has 0 spiro atoms. The number of benzene rings is 1. The van der Waals surface area contributed by atoms with Gasteiger partial charge in [0.15, 0.2) is 0 Å². The number of rotatable bonds is 7. The van der Waals surface area contributed by atoms with Gasteiger partial charge >= 0.3 is 0 Å². The molecule has 28 heavy (non-hydrogen) atoms. The molecule has 1 aromatic heterocycles. The van der Waals surface area contributed by atoms with Gasteiger partial charge in [0.25, 0.3) is 0 Å². The van der Waals surface area contributed by atoms with E-state index in [1.54, 1.807) is 7.11 Å². The monoisotopic (exact) mass is 383 g/mol. The van der Waals surface area contributed by atoms with Crippen LogP contribution in [0, 0.1) is 5.92 Å². The maximum Gasteiger partial charge on any atom is 0.108 e. The number of hydrogen-bond acceptors (Lipinski definition) is 5. The third-order valence-corrected chi connectivity index (χ3v) is 6.20. The lowest BCUT2D eigenvalue weighted by Gasteiger charge is -2.42. The summed E-state index contributed by atoms with van der Waals surface area (Å²) in [4.78, 5) is 5.36. The molecule has 0 N–H and O–H groups in total. The Morgan fingerprint density at radius 1 is 1.07 bits per heavy atom. The Bertz CT molecular complexity index is 711. The molecule has 0 amide bonds. The molecule has 0 bridgehead atoms. The first-order valence-electron chi connectivity index (χ1n) is 10.7. The molecule has 6 heteroatoms. The standard InChI is InChI=1S/C22H33N5O/c1-28-18-21-17-27(24-23-21)16-20-8-5-11-26(15-20)22-9-12-25(13-10-22)14-19-6-3-2-4-7-19/h2-4,6-7,17,20,22H,5,8-16,18H2,1H3. The fraction of sp³-hybridized carbons (Fsp3) is 0.636. The highest BCUT2D eigenvalue weighted by molar-refractivity contribution is 5.14. The number of likely N-dealkylation sites (tertiary alicyclic amines) is 2. The minimum Gasteiger partial charge on any atom is -0.378 e. The summed E-state index contributed by atoms with van der Waals surface area (Å²) in [5.41, 5.74) is 2.35. The molecule has 0 saturated carbocycles. The second-order valence-electron chi connectivity index (χ2n) is 8.36. The molecule has 2 aliphatic rings. The highest BCUT2D eigenvalue weighted by Gasteiger charge is 2.29. The Kier molecular flexibility index (Phi) is 6.73. The zero-order valence-electron chi connectivity index (χ0n) is 17.0. The van der Waals surface area contributed by atoms with E-state index >= 15 is 0 Å². The molecule has 1 aromatic carbocycles. The minimum absolute atomic E-state index is 0.540. The Balaban J connectivity index is 1.24. The van der Waals surface area contributed by atoms with Crippen LogP contribution in [0.1, 0.15) is 36.9 Å². The van der Waals surface area contributed by atoms with Crippen molar-refractivity contribution in [3.63, 3.8) is 0 Å². The van der Waals surface area contributed by atoms with Crippen LogP contribution in [0.25, 0.3) is 0 Å². The minimum atomic E-state index is 0.540. The van der Waals surface area contributed by atoms with Gasteiger partial charge in [-0.3, -0.25) is 14.5 Å². The summed E-state index contributed by atoms with van der Waals surface area (Å²) in [5.74, 6) is 0.674. The van der Waals surface area contributed by atoms with E-state index in [2.05, 4.69) is 50.4 Å². The topological polar surface area (TPSA) is 46.4 Å². The van der Waals surface area contributed by atoms with Crippen molar-refractivity contribution in [2.24, 2.45) is 5.92 Å². The van der Waals surface area contributed by atoms with Gasteiger partial charge in [-0.05, 0) is 56.8 Å². The molecular formula is C22H33N5O. The lowest BCUT2D eigenvalue weighted by molar-refractivity contribution is 0.0643. The third-order valence-electron chi connectivity index (χ3n) is 6.20. The van der Waals surface area contributed by atoms with Gasteiger partial charge < -0.3 is 4.74 Å². The van der Waals surface area contributed by atoms with Gasteiger partial charge in [0.1, 0.15) is 5.69 Å². The highest BCUT2D eigenvalue weighted by atomic mass is 16.5. The van der Waals surface area contributed by atoms with E-state index in [4.69, 9.17) is 4.74 Å². The quantitative estimate of drug-likeness (QED) is 0.736. The van der Waals surface area contributed by atoms with Crippen LogP contribution < -0.4 is 0 Å². The first kappa shape index (κ1) is 19.6. The van der Waals surface area contributed by atoms with E-state index in [0.29, 0.717) is 12.5 Å². The van der Waals surface area contributed by atoms with Crippen molar-refractivity contribution in [3.8, 4) is 0 Å². The van der Waals surface area contributed by atoms with Crippen LogP contribution in [-0.4, -0.2) is 64.1 Å². The van der Waals surface area contributed by atoms with E-state index in [1.165, 1.54) is 57.4 Å². The van der Waals surface area contributed by atoms with Crippen molar-refractivity contribution in [3.05, 3.63) is 47.8 Å². The highest BCUT2D eigenvalue weighted by Crippen LogP contribution is 2.25. The maximum absolute atomic E-state index is 5.15. The largest absolute Gasteiger partial charge is 0.378 e. The summed E-state index contributed by atoms with van der Waals surface area (Å²) in [5, 5.41) is 8.47. The van der Waals surface area contributed by atoms with Crippen molar-refractivity contribution in [1.29, 1.82) is 0 Å². The van der Waals surface area contributed by atoms with E-state index in [-0.39, 0.29) is 0 Å². The molecule has 1 atom stereocenters. The number of nitrogens with zero attached hydrogens (tertiary/aromatic N) is 5. The summed E-state index contributed by atoms with van der Waals surface area (Å²) >= 11 is 0. The second kappa shape index (κ2) is 9.63. The van der Waals surface area contributed by atoms with Gasteiger partial charge in [0.2, 0.25) is 0 Å². The molecule has 0 radical (unpaired) electrons. The van der Waals surface area contributed by atoms with E-state index in [9.17, 15) is 0 Å². The Hall–Kier alpha value is -1.76. The zero-order valence-corrected chi connectivity index (χ0v) is 17.0. The molecule has 2 fully saturated rings. The molecule has 0 aliphatic carbocycles. The van der Waals surface area contributed by atoms with Gasteiger partial charge in [-0.2, -0.15) is 0 Å². The molecule has 2 aliphatic heterocycles. The van der Waals surface area contributed by atoms with Crippen molar-refractivity contribution in [1.82, 2.24) is 24.8 Å². The van der Waals surface area contributed by atoms with E-state index in [1.807, 2.05) is 10.9 Å². The average molecular weight is 384 g/mol. The fourth-order valence-corrected chi connectivity index (χ4v) is 4.77. The predicted octanol–water partition coefficient (Wildman–Crippen LogP) is 2.80. The van der Waals surface area contributed by atoms with Gasteiger partial charge in [0.05, 0.1) is 12.8 Å². The molecule has 2 saturated heterocycles. The van der Waals surface area contributed by atoms with Gasteiger partial charge in [-0.1, -0.05) is 35.5 Å². The van der Waals surface area contributed by atoms with Crippen LogP contribution in [0.4, 0.5) is 0 Å². The smallest absolute Gasteiger partial charge is 0.108 e. The number of piperidine rings is 2. The Morgan fingerprint density at radius 3 is 2.68 bits per heavy atom. The normalized spacial score (nSPS) is 22.5. The van der Waals surface area contributed by atoms with Crippen LogP contribution in [0.5, 0.6) is 0 Å². The lowest BCUT2D eigenvalue weighted by atomic mass is 9.93. The first-order chi connectivity index (χ1) is 13.8. The van der Waals surface area contributed by atoms with Gasteiger partial charge in [-0.15, -0.1) is 5.10 Å². The predicted molar refractivity (Wildman–Crippen MR) is 110 cm³/mol. The molecule has 2 aromatic rings. The lowest BCUT2D eigenvalue weighted by Crippen LogP contribution is -2.48. The number of methoxy groups -OCH3 is 1. The van der Waals surface area contributed by atoms with Gasteiger partial charge in [0, 0.05) is 32.8 Å². The Labute approximate surface area is 168 Å². The van der Waals surface area contributed by atoms with Crippen LogP contribution in [0.3, 0.4) is 0 Å². The van der Waals surface area contributed by atoms with Crippen LogP contribution in [0.15, 0.2) is 36.5 Å². The van der Waals surface area contributed by atoms with E-state index < -0.39 is 0 Å². The zero-order chi connectivity index (χ0) is 19.2. The Morgan fingerprint density at radius 2 is 1.89 bits per heavy atom. The molecule has 1 unspecified atom stereocenters. The summed E-state index contributed by atoms with van der Waals surface area (Å²) in [6.45, 7) is 7.48. The SMILES string of the molecule is COCc1cn(CC2CCCN(C3CCN(Cc4ccccc4)CC3)C2)nn1. The van der Waals surface area contributed by atoms with Crippen molar-refractivity contribution < 1.29 is 4.74 Å². The molecule has 6 nitrogen and oxygen atoms in total. The third kappa shape index (κ3) is 5.19. The molecule has 152 valence electrons. The van der Waals surface area contributed by atoms with Crippen molar-refractivity contribution in [2.45, 2.75) is 51.4 Å². The summed E-state index contributed by atoms with van der Waals surface area (Å²) in [7, 11) is 1.70. The van der Waals surface area contributed by atoms with Gasteiger partial charge in [-0.25, -0.2) is 0 Å². The molecule has 3 heterocycles. The van der Waals surface area contributed by atoms with Crippen LogP contribution >= 0.6 is 0 Å². The van der Waals surface area contributed by atoms with Crippen LogP contribution in [0.2, 0.25) is 0 Å². The average Bonchev–Trinajstić information content (AvgIpc) is 3.17. The van der Waals surface area contributed by atoms with Crippen molar-refractivity contribution >= 4 is 0 Å². The second-order valence-corrected chi connectivity index (χ2v) is 8.36. The summed E-state index contributed by atoms with van der Waals surface area (Å²) in [6, 6.07) is 11.6. The number of ether oxygens (including phenoxy) is 1. The summed E-state index contributed by atoms with van der Waals surface area (Å²) < 4.78 is 7.15. The van der Waals surface area contributed by atoms with Crippen LogP contribution in [-0.2, 0) is 24.4 Å². The van der Waals surface area contributed by atoms with E-state index in [0.717, 1.165) is 24.8 Å². The molecular weight excluding hydrogens is 350 g/mol. The maximum atomic E-state index is 5.15. The van der Waals surface area contributed by atoms with Crippen molar-refractivity contribution in [2.75, 3.05) is 33.3 Å². The molecule has 4 rings (SSSR count). The summed E-state index contributed by atoms with van der Waals surface area (Å²) in [6.07, 6.45) is 7.21.